The Labute approximate surface area is 170 Å². The van der Waals surface area contributed by atoms with Crippen LogP contribution < -0.4 is 10.9 Å². The van der Waals surface area contributed by atoms with Crippen LogP contribution in [0.1, 0.15) is 5.56 Å². The SMILES string of the molecule is Cc1ccccc1-c1noc(-c2cccn(CC(=O)Nc3ccccc3F)c2=O)n1. The molecule has 0 aliphatic carbocycles. The Morgan fingerprint density at radius 1 is 1.07 bits per heavy atom. The number of halogens is 1. The molecular formula is C22H17FN4O3. The van der Waals surface area contributed by atoms with Crippen molar-refractivity contribution in [2.45, 2.75) is 13.5 Å². The Morgan fingerprint density at radius 3 is 2.60 bits per heavy atom. The second-order valence-electron chi connectivity index (χ2n) is 6.62. The summed E-state index contributed by atoms with van der Waals surface area (Å²) in [5.41, 5.74) is 1.52. The van der Waals surface area contributed by atoms with Crippen molar-refractivity contribution in [3.05, 3.63) is 88.6 Å². The first-order valence-electron chi connectivity index (χ1n) is 9.17. The van der Waals surface area contributed by atoms with Gasteiger partial charge in [-0.25, -0.2) is 4.39 Å². The largest absolute Gasteiger partial charge is 0.333 e. The van der Waals surface area contributed by atoms with E-state index in [2.05, 4.69) is 15.5 Å². The Hall–Kier alpha value is -4.07. The number of carbonyl (C=O) groups is 1. The number of nitrogens with one attached hydrogen (secondary N) is 1. The number of aryl methyl sites for hydroxylation is 1. The molecule has 7 nitrogen and oxygen atoms in total. The number of hydrogen-bond acceptors (Lipinski definition) is 5. The summed E-state index contributed by atoms with van der Waals surface area (Å²) in [6.45, 7) is 1.63. The molecule has 30 heavy (non-hydrogen) atoms. The minimum Gasteiger partial charge on any atom is -0.333 e. The highest BCUT2D eigenvalue weighted by Crippen LogP contribution is 2.22. The Balaban J connectivity index is 1.58. The van der Waals surface area contributed by atoms with Gasteiger partial charge in [-0.3, -0.25) is 9.59 Å². The standard InChI is InChI=1S/C22H17FN4O3/c1-14-7-2-3-8-15(14)20-25-21(30-26-20)16-9-6-12-27(22(16)29)13-19(28)24-18-11-5-4-10-17(18)23/h2-12H,13H2,1H3,(H,24,28). The van der Waals surface area contributed by atoms with Gasteiger partial charge in [0, 0.05) is 11.8 Å². The smallest absolute Gasteiger partial charge is 0.263 e. The zero-order chi connectivity index (χ0) is 21.1. The number of anilines is 1. The third-order valence-electron chi connectivity index (χ3n) is 4.52. The third-order valence-corrected chi connectivity index (χ3v) is 4.52. The highest BCUT2D eigenvalue weighted by molar-refractivity contribution is 5.90. The number of carbonyl (C=O) groups excluding carboxylic acids is 1. The predicted octanol–water partition coefficient (Wildman–Crippen LogP) is 3.65. The van der Waals surface area contributed by atoms with Crippen molar-refractivity contribution in [2.75, 3.05) is 5.32 Å². The van der Waals surface area contributed by atoms with E-state index in [-0.39, 0.29) is 23.7 Å². The lowest BCUT2D eigenvalue weighted by atomic mass is 10.1. The van der Waals surface area contributed by atoms with Gasteiger partial charge in [0.05, 0.1) is 5.69 Å². The number of para-hydroxylation sites is 1. The molecule has 1 N–H and O–H groups in total. The Kier molecular flexibility index (Phi) is 5.21. The van der Waals surface area contributed by atoms with Gasteiger partial charge in [0.1, 0.15) is 17.9 Å². The molecule has 0 atom stereocenters. The number of rotatable bonds is 5. The number of nitrogens with zero attached hydrogens (tertiary/aromatic N) is 3. The summed E-state index contributed by atoms with van der Waals surface area (Å²) < 4.78 is 20.2. The highest BCUT2D eigenvalue weighted by atomic mass is 19.1. The molecule has 4 rings (SSSR count). The van der Waals surface area contributed by atoms with Crippen molar-refractivity contribution in [1.82, 2.24) is 14.7 Å². The van der Waals surface area contributed by atoms with Gasteiger partial charge in [-0.2, -0.15) is 4.98 Å². The van der Waals surface area contributed by atoms with Crippen LogP contribution in [0.15, 0.2) is 76.2 Å². The highest BCUT2D eigenvalue weighted by Gasteiger charge is 2.17. The lowest BCUT2D eigenvalue weighted by molar-refractivity contribution is -0.116. The molecule has 0 aliphatic rings. The maximum absolute atomic E-state index is 13.7. The molecule has 0 aliphatic heterocycles. The van der Waals surface area contributed by atoms with Crippen LogP contribution in [-0.2, 0) is 11.3 Å². The fourth-order valence-corrected chi connectivity index (χ4v) is 3.00. The van der Waals surface area contributed by atoms with Gasteiger partial charge in [0.15, 0.2) is 0 Å². The van der Waals surface area contributed by atoms with Crippen molar-refractivity contribution in [3.8, 4) is 22.8 Å². The summed E-state index contributed by atoms with van der Waals surface area (Å²) in [6, 6.07) is 16.5. The van der Waals surface area contributed by atoms with E-state index in [9.17, 15) is 14.0 Å². The van der Waals surface area contributed by atoms with Gasteiger partial charge in [0.2, 0.25) is 11.7 Å². The van der Waals surface area contributed by atoms with Crippen LogP contribution >= 0.6 is 0 Å². The minimum atomic E-state index is -0.554. The summed E-state index contributed by atoms with van der Waals surface area (Å²) in [7, 11) is 0. The molecule has 150 valence electrons. The van der Waals surface area contributed by atoms with Gasteiger partial charge < -0.3 is 14.4 Å². The summed E-state index contributed by atoms with van der Waals surface area (Å²) in [5.74, 6) is -0.663. The van der Waals surface area contributed by atoms with Gasteiger partial charge in [-0.15, -0.1) is 0 Å². The lowest BCUT2D eigenvalue weighted by Crippen LogP contribution is -2.28. The molecule has 0 saturated heterocycles. The number of aromatic nitrogens is 3. The molecule has 1 amide bonds. The maximum Gasteiger partial charge on any atom is 0.263 e. The van der Waals surface area contributed by atoms with Crippen LogP contribution in [0.3, 0.4) is 0 Å². The molecule has 0 unspecified atom stereocenters. The van der Waals surface area contributed by atoms with Crippen LogP contribution in [0.2, 0.25) is 0 Å². The van der Waals surface area contributed by atoms with Crippen molar-refractivity contribution in [2.24, 2.45) is 0 Å². The van der Waals surface area contributed by atoms with Crippen LogP contribution in [0.4, 0.5) is 10.1 Å². The van der Waals surface area contributed by atoms with Crippen LogP contribution in [-0.4, -0.2) is 20.6 Å². The average Bonchev–Trinajstić information content (AvgIpc) is 3.21. The molecule has 2 aromatic heterocycles. The summed E-state index contributed by atoms with van der Waals surface area (Å²) in [4.78, 5) is 29.4. The number of amides is 1. The van der Waals surface area contributed by atoms with Crippen LogP contribution in [0.5, 0.6) is 0 Å². The van der Waals surface area contributed by atoms with Gasteiger partial charge >= 0.3 is 0 Å². The third kappa shape index (κ3) is 3.88. The van der Waals surface area contributed by atoms with Crippen molar-refractivity contribution in [1.29, 1.82) is 0 Å². The zero-order valence-corrected chi connectivity index (χ0v) is 16.0. The first-order chi connectivity index (χ1) is 14.5. The summed E-state index contributed by atoms with van der Waals surface area (Å²) in [6.07, 6.45) is 1.46. The van der Waals surface area contributed by atoms with Crippen molar-refractivity contribution in [3.63, 3.8) is 0 Å². The Bertz CT molecular complexity index is 1280. The minimum absolute atomic E-state index is 0.0477. The van der Waals surface area contributed by atoms with E-state index in [1.165, 1.54) is 29.0 Å². The fourth-order valence-electron chi connectivity index (χ4n) is 3.00. The van der Waals surface area contributed by atoms with Crippen LogP contribution in [0, 0.1) is 12.7 Å². The molecule has 0 saturated carbocycles. The van der Waals surface area contributed by atoms with E-state index in [1.54, 1.807) is 18.2 Å². The van der Waals surface area contributed by atoms with E-state index >= 15 is 0 Å². The molecule has 2 aromatic carbocycles. The fraction of sp³-hybridized carbons (Fsp3) is 0.0909. The van der Waals surface area contributed by atoms with E-state index in [0.29, 0.717) is 5.82 Å². The molecule has 4 aromatic rings. The van der Waals surface area contributed by atoms with E-state index < -0.39 is 17.3 Å². The first kappa shape index (κ1) is 19.3. The molecule has 2 heterocycles. The molecule has 0 bridgehead atoms. The number of benzene rings is 2. The van der Waals surface area contributed by atoms with Gasteiger partial charge in [-0.1, -0.05) is 41.6 Å². The zero-order valence-electron chi connectivity index (χ0n) is 16.0. The molecule has 8 heteroatoms. The first-order valence-corrected chi connectivity index (χ1v) is 9.17. The molecular weight excluding hydrogens is 387 g/mol. The quantitative estimate of drug-likeness (QED) is 0.548. The second kappa shape index (κ2) is 8.12. The van der Waals surface area contributed by atoms with Crippen molar-refractivity contribution < 1.29 is 13.7 Å². The van der Waals surface area contributed by atoms with Gasteiger partial charge in [0.25, 0.3) is 11.4 Å². The van der Waals surface area contributed by atoms with Crippen molar-refractivity contribution >= 4 is 11.6 Å². The molecule has 0 spiro atoms. The number of pyridine rings is 1. The van der Waals surface area contributed by atoms with E-state index in [1.807, 2.05) is 31.2 Å². The maximum atomic E-state index is 13.7. The van der Waals surface area contributed by atoms with Crippen LogP contribution in [0.25, 0.3) is 22.8 Å². The Morgan fingerprint density at radius 2 is 1.80 bits per heavy atom. The number of hydrogen-bond donors (Lipinski definition) is 1. The summed E-state index contributed by atoms with van der Waals surface area (Å²) in [5, 5.41) is 6.42. The summed E-state index contributed by atoms with van der Waals surface area (Å²) >= 11 is 0. The molecule has 0 fully saturated rings. The normalized spacial score (nSPS) is 10.7. The lowest BCUT2D eigenvalue weighted by Gasteiger charge is -2.08. The van der Waals surface area contributed by atoms with E-state index in [4.69, 9.17) is 4.52 Å². The monoisotopic (exact) mass is 404 g/mol. The average molecular weight is 404 g/mol. The topological polar surface area (TPSA) is 90.0 Å². The van der Waals surface area contributed by atoms with Gasteiger partial charge in [-0.05, 0) is 36.8 Å². The predicted molar refractivity (Wildman–Crippen MR) is 109 cm³/mol. The second-order valence-corrected chi connectivity index (χ2v) is 6.62. The van der Waals surface area contributed by atoms with E-state index in [0.717, 1.165) is 11.1 Å². The molecule has 0 radical (unpaired) electrons.